The van der Waals surface area contributed by atoms with Crippen molar-refractivity contribution in [1.82, 2.24) is 14.5 Å². The Labute approximate surface area is 290 Å². The second-order valence-electron chi connectivity index (χ2n) is 12.9. The maximum Gasteiger partial charge on any atom is 0.238 e. The van der Waals surface area contributed by atoms with Crippen LogP contribution in [0.2, 0.25) is 0 Å². The van der Waals surface area contributed by atoms with Crippen LogP contribution in [-0.2, 0) is 0 Å². The van der Waals surface area contributed by atoms with Crippen molar-refractivity contribution in [2.75, 3.05) is 0 Å². The van der Waals surface area contributed by atoms with Crippen molar-refractivity contribution in [2.45, 2.75) is 0 Å². The van der Waals surface area contributed by atoms with Crippen molar-refractivity contribution in [1.29, 1.82) is 5.26 Å². The molecule has 11 aromatic rings. The van der Waals surface area contributed by atoms with Crippen LogP contribution < -0.4 is 0 Å². The highest BCUT2D eigenvalue weighted by Crippen LogP contribution is 2.41. The third-order valence-electron chi connectivity index (χ3n) is 10.1. The van der Waals surface area contributed by atoms with Gasteiger partial charge in [0.15, 0.2) is 0 Å². The molecule has 0 aliphatic heterocycles. The van der Waals surface area contributed by atoms with Crippen LogP contribution in [0, 0.1) is 11.3 Å². The van der Waals surface area contributed by atoms with Crippen LogP contribution in [0.1, 0.15) is 5.56 Å². The minimum absolute atomic E-state index is 0.505. The van der Waals surface area contributed by atoms with Crippen LogP contribution in [0.25, 0.3) is 105 Å². The maximum absolute atomic E-state index is 9.31. The number of aromatic nitrogens is 3. The predicted octanol–water partition coefficient (Wildman–Crippen LogP) is 11.7. The quantitative estimate of drug-likeness (QED) is 0.190. The Kier molecular flexibility index (Phi) is 5.64. The van der Waals surface area contributed by atoms with Gasteiger partial charge >= 0.3 is 0 Å². The third kappa shape index (κ3) is 4.09. The van der Waals surface area contributed by atoms with E-state index in [1.807, 2.05) is 54.6 Å². The highest BCUT2D eigenvalue weighted by Gasteiger charge is 2.22. The van der Waals surface area contributed by atoms with Crippen molar-refractivity contribution in [2.24, 2.45) is 0 Å². The second kappa shape index (κ2) is 10.4. The lowest BCUT2D eigenvalue weighted by Gasteiger charge is -2.10. The molecule has 0 atom stereocenters. The molecule has 51 heavy (non-hydrogen) atoms. The van der Waals surface area contributed by atoms with E-state index in [0.29, 0.717) is 22.8 Å². The van der Waals surface area contributed by atoms with Crippen LogP contribution in [0.4, 0.5) is 0 Å². The van der Waals surface area contributed by atoms with Gasteiger partial charge < -0.3 is 8.83 Å². The Bertz CT molecular complexity index is 3270. The molecule has 0 N–H and O–H groups in total. The average Bonchev–Trinajstić information content (AvgIpc) is 3.85. The van der Waals surface area contributed by atoms with E-state index in [9.17, 15) is 5.26 Å². The van der Waals surface area contributed by atoms with Crippen LogP contribution in [-0.4, -0.2) is 14.5 Å². The van der Waals surface area contributed by atoms with Gasteiger partial charge in [0.05, 0.1) is 33.7 Å². The van der Waals surface area contributed by atoms with E-state index in [2.05, 4.69) is 102 Å². The Morgan fingerprint density at radius 3 is 2.08 bits per heavy atom. The fraction of sp³-hybridized carbons (Fsp3) is 0. The zero-order valence-electron chi connectivity index (χ0n) is 27.0. The minimum atomic E-state index is 0.505. The Hall–Kier alpha value is -7.23. The normalized spacial score (nSPS) is 11.9. The van der Waals surface area contributed by atoms with Crippen LogP contribution >= 0.6 is 0 Å². The molecule has 6 heteroatoms. The molecule has 0 aliphatic rings. The SMILES string of the molecule is N#Cc1ccc(-c2ccc3c(c2)oc2nc(-n4c5ccccc5c5cc6ccccc6cc54)nc(-c4ccc5oc6ccccc6c5c4)c23)cc1. The molecule has 0 unspecified atom stereocenters. The molecule has 7 aromatic carbocycles. The zero-order valence-corrected chi connectivity index (χ0v) is 27.0. The van der Waals surface area contributed by atoms with Crippen molar-refractivity contribution >= 4 is 76.6 Å². The lowest BCUT2D eigenvalue weighted by molar-refractivity contribution is 0.651. The molecular weight excluding hydrogens is 629 g/mol. The van der Waals surface area contributed by atoms with Gasteiger partial charge in [0.25, 0.3) is 0 Å². The van der Waals surface area contributed by atoms with Gasteiger partial charge in [0.2, 0.25) is 11.7 Å². The summed E-state index contributed by atoms with van der Waals surface area (Å²) in [6, 6.07) is 51.7. The molecular formula is C45H24N4O2. The third-order valence-corrected chi connectivity index (χ3v) is 10.1. The van der Waals surface area contributed by atoms with Gasteiger partial charge in [-0.2, -0.15) is 10.2 Å². The molecule has 0 saturated carbocycles. The van der Waals surface area contributed by atoms with E-state index in [-0.39, 0.29) is 0 Å². The number of furan rings is 2. The fourth-order valence-electron chi connectivity index (χ4n) is 7.63. The number of fused-ring (bicyclic) bond motifs is 10. The average molecular weight is 653 g/mol. The van der Waals surface area contributed by atoms with Gasteiger partial charge in [0, 0.05) is 32.5 Å². The van der Waals surface area contributed by atoms with E-state index in [0.717, 1.165) is 82.3 Å². The molecule has 0 saturated heterocycles. The largest absolute Gasteiger partial charge is 0.456 e. The summed E-state index contributed by atoms with van der Waals surface area (Å²) >= 11 is 0. The van der Waals surface area contributed by atoms with E-state index in [1.54, 1.807) is 0 Å². The number of para-hydroxylation sites is 2. The first-order valence-corrected chi connectivity index (χ1v) is 16.8. The molecule has 0 radical (unpaired) electrons. The summed E-state index contributed by atoms with van der Waals surface area (Å²) in [4.78, 5) is 10.6. The first-order chi connectivity index (χ1) is 25.2. The van der Waals surface area contributed by atoms with Crippen LogP contribution in [0.5, 0.6) is 0 Å². The van der Waals surface area contributed by atoms with Gasteiger partial charge in [-0.15, -0.1) is 0 Å². The summed E-state index contributed by atoms with van der Waals surface area (Å²) in [6.07, 6.45) is 0. The van der Waals surface area contributed by atoms with E-state index in [4.69, 9.17) is 18.8 Å². The summed E-state index contributed by atoms with van der Waals surface area (Å²) in [5.74, 6) is 0.530. The smallest absolute Gasteiger partial charge is 0.238 e. The Balaban J connectivity index is 1.22. The predicted molar refractivity (Wildman–Crippen MR) is 204 cm³/mol. The van der Waals surface area contributed by atoms with Crippen molar-refractivity contribution in [3.05, 3.63) is 151 Å². The number of rotatable bonds is 3. The molecule has 0 spiro atoms. The zero-order chi connectivity index (χ0) is 33.6. The molecule has 0 bridgehead atoms. The lowest BCUT2D eigenvalue weighted by Crippen LogP contribution is -2.02. The first kappa shape index (κ1) is 27.7. The van der Waals surface area contributed by atoms with Gasteiger partial charge in [0.1, 0.15) is 16.7 Å². The molecule has 0 fully saturated rings. The highest BCUT2D eigenvalue weighted by molar-refractivity contribution is 6.15. The Morgan fingerprint density at radius 2 is 1.22 bits per heavy atom. The van der Waals surface area contributed by atoms with Gasteiger partial charge in [-0.05, 0) is 88.6 Å². The number of hydrogen-bond acceptors (Lipinski definition) is 5. The standard InChI is InChI=1S/C45H24N4O2/c46-25-26-13-15-27(16-14-26)30-17-19-34-41(24-30)51-44-42(34)43(31-18-20-40-36(22-31)33-10-4-6-12-39(33)50-40)47-45(48-44)49-37-11-5-3-9-32(37)35-21-28-7-1-2-8-29(28)23-38(35)49/h1-24H. The highest BCUT2D eigenvalue weighted by atomic mass is 16.3. The minimum Gasteiger partial charge on any atom is -0.456 e. The van der Waals surface area contributed by atoms with Gasteiger partial charge in [-0.1, -0.05) is 78.9 Å². The first-order valence-electron chi connectivity index (χ1n) is 16.8. The van der Waals surface area contributed by atoms with Crippen LogP contribution in [0.15, 0.2) is 154 Å². The van der Waals surface area contributed by atoms with E-state index in [1.165, 1.54) is 5.39 Å². The number of benzene rings is 7. The lowest BCUT2D eigenvalue weighted by atomic mass is 10.0. The molecule has 0 aliphatic carbocycles. The number of nitrogens with zero attached hydrogens (tertiary/aromatic N) is 4. The van der Waals surface area contributed by atoms with E-state index >= 15 is 0 Å². The van der Waals surface area contributed by atoms with Crippen molar-refractivity contribution in [3.63, 3.8) is 0 Å². The monoisotopic (exact) mass is 652 g/mol. The van der Waals surface area contributed by atoms with E-state index < -0.39 is 0 Å². The molecule has 11 rings (SSSR count). The topological polar surface area (TPSA) is 80.8 Å². The van der Waals surface area contributed by atoms with Crippen molar-refractivity contribution < 1.29 is 8.83 Å². The second-order valence-corrected chi connectivity index (χ2v) is 12.9. The Morgan fingerprint density at radius 1 is 0.490 bits per heavy atom. The van der Waals surface area contributed by atoms with Crippen LogP contribution in [0.3, 0.4) is 0 Å². The molecule has 236 valence electrons. The van der Waals surface area contributed by atoms with Gasteiger partial charge in [-0.3, -0.25) is 4.57 Å². The molecule has 4 heterocycles. The van der Waals surface area contributed by atoms with Gasteiger partial charge in [-0.25, -0.2) is 4.98 Å². The van der Waals surface area contributed by atoms with Crippen molar-refractivity contribution in [3.8, 4) is 34.4 Å². The summed E-state index contributed by atoms with van der Waals surface area (Å²) in [7, 11) is 0. The summed E-state index contributed by atoms with van der Waals surface area (Å²) < 4.78 is 15.0. The number of hydrogen-bond donors (Lipinski definition) is 0. The molecule has 6 nitrogen and oxygen atoms in total. The summed E-state index contributed by atoms with van der Waals surface area (Å²) in [5.41, 5.74) is 9.25. The summed E-state index contributed by atoms with van der Waals surface area (Å²) in [5, 5.41) is 17.8. The number of nitriles is 1. The maximum atomic E-state index is 9.31. The fourth-order valence-corrected chi connectivity index (χ4v) is 7.63. The molecule has 0 amide bonds. The molecule has 4 aromatic heterocycles. The summed E-state index contributed by atoms with van der Waals surface area (Å²) in [6.45, 7) is 0.